The lowest BCUT2D eigenvalue weighted by Gasteiger charge is -2.27. The summed E-state index contributed by atoms with van der Waals surface area (Å²) in [6.45, 7) is 4.23. The summed E-state index contributed by atoms with van der Waals surface area (Å²) < 4.78 is 93.0. The summed E-state index contributed by atoms with van der Waals surface area (Å²) in [4.78, 5) is 23.3. The minimum absolute atomic E-state index is 0.0808. The molecule has 13 heteroatoms. The van der Waals surface area contributed by atoms with Crippen LogP contribution < -0.4 is 10.6 Å². The van der Waals surface area contributed by atoms with Crippen molar-refractivity contribution in [3.05, 3.63) is 0 Å². The molecule has 0 unspecified atom stereocenters. The van der Waals surface area contributed by atoms with E-state index in [-0.39, 0.29) is 13.1 Å². The Balaban J connectivity index is 3.92. The molecule has 54 heavy (non-hydrogen) atoms. The molecule has 0 heterocycles. The highest BCUT2D eigenvalue weighted by Gasteiger charge is 2.67. The van der Waals surface area contributed by atoms with E-state index < -0.39 is 30.7 Å². The molecule has 0 aromatic heterocycles. The van der Waals surface area contributed by atoms with Gasteiger partial charge in [-0.15, -0.1) is 8.78 Å². The lowest BCUT2D eigenvalue weighted by molar-refractivity contribution is -0.510. The van der Waals surface area contributed by atoms with Crippen LogP contribution in [0, 0.1) is 0 Å². The number of hydrogen-bond acceptors (Lipinski definition) is 5. The average molecular weight is 791 g/mol. The zero-order valence-corrected chi connectivity index (χ0v) is 33.9. The predicted octanol–water partition coefficient (Wildman–Crippen LogP) is 14.7. The molecule has 0 aromatic rings. The molecule has 0 spiro atoms. The van der Waals surface area contributed by atoms with Gasteiger partial charge in [0.1, 0.15) is 0 Å². The van der Waals surface area contributed by atoms with Gasteiger partial charge in [0, 0.05) is 13.1 Å². The Morgan fingerprint density at radius 1 is 0.370 bits per heavy atom. The number of amides is 2. The first-order valence-corrected chi connectivity index (χ1v) is 21.6. The van der Waals surface area contributed by atoms with Crippen LogP contribution in [0.15, 0.2) is 0 Å². The third-order valence-corrected chi connectivity index (χ3v) is 9.62. The first-order chi connectivity index (χ1) is 25.9. The van der Waals surface area contributed by atoms with Gasteiger partial charge in [0.2, 0.25) is 0 Å². The average Bonchev–Trinajstić information content (AvgIpc) is 3.10. The molecule has 0 fully saturated rings. The van der Waals surface area contributed by atoms with Gasteiger partial charge < -0.3 is 20.1 Å². The molecule has 0 radical (unpaired) electrons. The lowest BCUT2D eigenvalue weighted by Crippen LogP contribution is -2.52. The quantitative estimate of drug-likeness (QED) is 0.0368. The molecule has 0 saturated heterocycles. The van der Waals surface area contributed by atoms with Crippen molar-refractivity contribution in [2.45, 2.75) is 238 Å². The Hall–Kier alpha value is -1.92. The standard InChI is InChI=1S/C41H76F6N2O5/c1-3-5-7-9-11-13-15-17-19-21-23-25-27-29-31-33-35-48-37(50)52-39(42,43)40(44,45)54-41(46,47)53-38(51)49-36-34-32-30-28-26-24-22-20-18-16-14-12-10-8-6-4-2/h3-36H2,1-2H3,(H,48,50)(H,49,51). The second-order valence-electron chi connectivity index (χ2n) is 14.8. The zero-order chi connectivity index (χ0) is 40.2. The number of carbonyl (C=O) groups is 2. The monoisotopic (exact) mass is 791 g/mol. The summed E-state index contributed by atoms with van der Waals surface area (Å²) in [6, 6.07) is 0. The number of hydrogen-bond donors (Lipinski definition) is 2. The zero-order valence-electron chi connectivity index (χ0n) is 33.9. The highest BCUT2D eigenvalue weighted by atomic mass is 19.3. The van der Waals surface area contributed by atoms with E-state index in [0.717, 1.165) is 51.4 Å². The molecule has 0 aliphatic carbocycles. The summed E-state index contributed by atoms with van der Waals surface area (Å²) in [5.41, 5.74) is 0. The normalized spacial score (nSPS) is 12.2. The van der Waals surface area contributed by atoms with E-state index in [1.54, 1.807) is 0 Å². The molecule has 0 bridgehead atoms. The van der Waals surface area contributed by atoms with Gasteiger partial charge in [-0.3, -0.25) is 0 Å². The van der Waals surface area contributed by atoms with Gasteiger partial charge in [-0.2, -0.15) is 17.6 Å². The van der Waals surface area contributed by atoms with E-state index in [9.17, 15) is 35.9 Å². The number of alkyl carbamates (subject to hydrolysis) is 2. The highest BCUT2D eigenvalue weighted by Crippen LogP contribution is 2.40. The summed E-state index contributed by atoms with van der Waals surface area (Å²) >= 11 is 0. The number of carbonyl (C=O) groups excluding carboxylic acids is 2. The van der Waals surface area contributed by atoms with Gasteiger partial charge in [-0.25, -0.2) is 14.3 Å². The van der Waals surface area contributed by atoms with Crippen molar-refractivity contribution in [3.63, 3.8) is 0 Å². The van der Waals surface area contributed by atoms with Crippen LogP contribution >= 0.6 is 0 Å². The van der Waals surface area contributed by atoms with E-state index in [1.165, 1.54) is 128 Å². The van der Waals surface area contributed by atoms with Crippen molar-refractivity contribution in [2.24, 2.45) is 0 Å². The van der Waals surface area contributed by atoms with Crippen LogP contribution in [0.2, 0.25) is 0 Å². The SMILES string of the molecule is CCCCCCCCCCCCCCCCCCNC(=O)OC(F)(F)OC(F)(F)C(F)(F)OC(=O)NCCCCCCCCCCCCCCCCCC. The molecule has 0 saturated carbocycles. The van der Waals surface area contributed by atoms with Crippen LogP contribution in [0.25, 0.3) is 0 Å². The largest absolute Gasteiger partial charge is 0.543 e. The van der Waals surface area contributed by atoms with Crippen molar-refractivity contribution in [2.75, 3.05) is 13.1 Å². The maximum atomic E-state index is 13.9. The minimum Gasteiger partial charge on any atom is -0.377 e. The Morgan fingerprint density at radius 2 is 0.611 bits per heavy atom. The Labute approximate surface area is 323 Å². The molecule has 2 amide bonds. The maximum Gasteiger partial charge on any atom is 0.543 e. The molecule has 0 atom stereocenters. The van der Waals surface area contributed by atoms with Crippen molar-refractivity contribution in [1.29, 1.82) is 0 Å². The fourth-order valence-electron chi connectivity index (χ4n) is 6.31. The first kappa shape index (κ1) is 52.1. The van der Waals surface area contributed by atoms with E-state index >= 15 is 0 Å². The van der Waals surface area contributed by atoms with Crippen molar-refractivity contribution in [3.8, 4) is 0 Å². The number of ether oxygens (including phenoxy) is 3. The second-order valence-corrected chi connectivity index (χ2v) is 14.8. The van der Waals surface area contributed by atoms with Gasteiger partial charge in [-0.05, 0) is 12.8 Å². The molecule has 0 aliphatic rings. The minimum atomic E-state index is -6.00. The Bertz CT molecular complexity index is 885. The lowest BCUT2D eigenvalue weighted by atomic mass is 10.0. The predicted molar refractivity (Wildman–Crippen MR) is 204 cm³/mol. The summed E-state index contributed by atoms with van der Waals surface area (Å²) in [6.07, 6.45) is 15.2. The van der Waals surface area contributed by atoms with Crippen LogP contribution in [-0.4, -0.2) is 43.8 Å². The molecule has 322 valence electrons. The number of nitrogens with one attached hydrogen (secondary N) is 2. The first-order valence-electron chi connectivity index (χ1n) is 21.6. The van der Waals surface area contributed by atoms with E-state index in [4.69, 9.17) is 0 Å². The van der Waals surface area contributed by atoms with Gasteiger partial charge in [0.05, 0.1) is 0 Å². The number of unbranched alkanes of at least 4 members (excludes halogenated alkanes) is 30. The third-order valence-electron chi connectivity index (χ3n) is 9.62. The second kappa shape index (κ2) is 34.3. The van der Waals surface area contributed by atoms with Crippen LogP contribution in [0.1, 0.15) is 219 Å². The Kier molecular flexibility index (Phi) is 33.1. The van der Waals surface area contributed by atoms with Gasteiger partial charge in [0.25, 0.3) is 0 Å². The van der Waals surface area contributed by atoms with Gasteiger partial charge in [-0.1, -0.05) is 206 Å². The molecular formula is C41H76F6N2O5. The van der Waals surface area contributed by atoms with Crippen LogP contribution in [0.4, 0.5) is 35.9 Å². The van der Waals surface area contributed by atoms with Crippen molar-refractivity contribution >= 4 is 12.2 Å². The van der Waals surface area contributed by atoms with Crippen molar-refractivity contribution in [1.82, 2.24) is 10.6 Å². The van der Waals surface area contributed by atoms with Crippen molar-refractivity contribution < 1.29 is 50.1 Å². The smallest absolute Gasteiger partial charge is 0.377 e. The van der Waals surface area contributed by atoms with Gasteiger partial charge >= 0.3 is 30.7 Å². The number of halogens is 6. The highest BCUT2D eigenvalue weighted by molar-refractivity contribution is 5.67. The fourth-order valence-corrected chi connectivity index (χ4v) is 6.31. The molecule has 0 aliphatic heterocycles. The van der Waals surface area contributed by atoms with Crippen LogP contribution in [0.3, 0.4) is 0 Å². The molecule has 2 N–H and O–H groups in total. The third kappa shape index (κ3) is 32.3. The molecule has 0 rings (SSSR count). The fraction of sp³-hybridized carbons (Fsp3) is 0.951. The Morgan fingerprint density at radius 3 is 0.889 bits per heavy atom. The summed E-state index contributed by atoms with van der Waals surface area (Å²) in [5.74, 6) is 0. The van der Waals surface area contributed by atoms with Crippen LogP contribution in [0.5, 0.6) is 0 Å². The summed E-state index contributed by atoms with van der Waals surface area (Å²) in [5, 5.41) is 3.87. The van der Waals surface area contributed by atoms with E-state index in [1.807, 2.05) is 10.6 Å². The molecule has 0 aromatic carbocycles. The van der Waals surface area contributed by atoms with E-state index in [2.05, 4.69) is 28.1 Å². The topological polar surface area (TPSA) is 85.9 Å². The number of rotatable bonds is 39. The number of alkyl halides is 6. The summed E-state index contributed by atoms with van der Waals surface area (Å²) in [7, 11) is 0. The van der Waals surface area contributed by atoms with E-state index in [0.29, 0.717) is 25.7 Å². The van der Waals surface area contributed by atoms with Gasteiger partial charge in [0.15, 0.2) is 0 Å². The molecule has 7 nitrogen and oxygen atoms in total. The maximum absolute atomic E-state index is 13.9. The molecular weight excluding hydrogens is 714 g/mol. The van der Waals surface area contributed by atoms with Crippen LogP contribution in [-0.2, 0) is 14.2 Å².